The van der Waals surface area contributed by atoms with Gasteiger partial charge < -0.3 is 16.6 Å². The highest BCUT2D eigenvalue weighted by Gasteiger charge is 2.16. The number of nitrogens with two attached hydrogens (primary N) is 2. The third kappa shape index (κ3) is 3.34. The lowest BCUT2D eigenvalue weighted by Crippen LogP contribution is -2.33. The van der Waals surface area contributed by atoms with E-state index in [9.17, 15) is 4.79 Å². The van der Waals surface area contributed by atoms with Crippen LogP contribution < -0.4 is 11.5 Å². The van der Waals surface area contributed by atoms with E-state index in [0.29, 0.717) is 0 Å². The summed E-state index contributed by atoms with van der Waals surface area (Å²) in [6.45, 7) is 1.98. The maximum Gasteiger partial charge on any atom is 0.320 e. The number of rotatable bonds is 4. The molecule has 15 heavy (non-hydrogen) atoms. The van der Waals surface area contributed by atoms with Crippen LogP contribution in [-0.2, 0) is 4.79 Å². The van der Waals surface area contributed by atoms with Crippen LogP contribution in [0.1, 0.15) is 23.6 Å². The molecule has 0 spiro atoms. The minimum absolute atomic E-state index is 0.248. The van der Waals surface area contributed by atoms with Crippen LogP contribution in [-0.4, -0.2) is 17.1 Å². The molecule has 2 unspecified atom stereocenters. The quantitative estimate of drug-likeness (QED) is 0.682. The Balaban J connectivity index is 2.64. The predicted octanol–water partition coefficient (Wildman–Crippen LogP) is 0.797. The van der Waals surface area contributed by atoms with Crippen molar-refractivity contribution in [1.82, 2.24) is 0 Å². The van der Waals surface area contributed by atoms with Crippen LogP contribution in [0.5, 0.6) is 0 Å². The fraction of sp³-hybridized carbons (Fsp3) is 0.364. The highest BCUT2D eigenvalue weighted by Crippen LogP contribution is 2.15. The van der Waals surface area contributed by atoms with Crippen LogP contribution >= 0.6 is 0 Å². The van der Waals surface area contributed by atoms with Gasteiger partial charge in [0, 0.05) is 6.04 Å². The van der Waals surface area contributed by atoms with Gasteiger partial charge >= 0.3 is 5.97 Å². The average Bonchev–Trinajstić information content (AvgIpc) is 2.18. The highest BCUT2D eigenvalue weighted by atomic mass is 16.4. The zero-order chi connectivity index (χ0) is 11.4. The lowest BCUT2D eigenvalue weighted by Gasteiger charge is -2.14. The van der Waals surface area contributed by atoms with Gasteiger partial charge in [-0.25, -0.2) is 0 Å². The van der Waals surface area contributed by atoms with E-state index in [1.165, 1.54) is 0 Å². The van der Waals surface area contributed by atoms with Crippen molar-refractivity contribution in [2.75, 3.05) is 0 Å². The zero-order valence-electron chi connectivity index (χ0n) is 8.68. The van der Waals surface area contributed by atoms with Gasteiger partial charge in [-0.05, 0) is 18.9 Å². The lowest BCUT2D eigenvalue weighted by molar-refractivity contribution is -0.138. The molecule has 0 amide bonds. The standard InChI is InChI=1S/C11H16N2O2/c1-7-2-4-8(5-3-7)9(12)6-10(13)11(14)15/h2-5,9-10H,6,12-13H2,1H3,(H,14,15). The number of hydrogen-bond donors (Lipinski definition) is 3. The Morgan fingerprint density at radius 1 is 1.33 bits per heavy atom. The molecular weight excluding hydrogens is 192 g/mol. The van der Waals surface area contributed by atoms with Crippen molar-refractivity contribution < 1.29 is 9.90 Å². The van der Waals surface area contributed by atoms with Crippen LogP contribution in [0.25, 0.3) is 0 Å². The van der Waals surface area contributed by atoms with Crippen molar-refractivity contribution in [3.05, 3.63) is 35.4 Å². The molecule has 0 fully saturated rings. The molecule has 0 bridgehead atoms. The summed E-state index contributed by atoms with van der Waals surface area (Å²) >= 11 is 0. The van der Waals surface area contributed by atoms with Gasteiger partial charge in [0.1, 0.15) is 6.04 Å². The van der Waals surface area contributed by atoms with E-state index in [1.54, 1.807) is 0 Å². The Morgan fingerprint density at radius 2 is 1.87 bits per heavy atom. The summed E-state index contributed by atoms with van der Waals surface area (Å²) in [4.78, 5) is 10.5. The smallest absolute Gasteiger partial charge is 0.320 e. The van der Waals surface area contributed by atoms with Crippen LogP contribution in [0.2, 0.25) is 0 Å². The van der Waals surface area contributed by atoms with Crippen molar-refractivity contribution in [2.45, 2.75) is 25.4 Å². The molecule has 0 heterocycles. The van der Waals surface area contributed by atoms with Gasteiger partial charge in [0.2, 0.25) is 0 Å². The molecule has 5 N–H and O–H groups in total. The number of aryl methyl sites for hydroxylation is 1. The molecule has 1 rings (SSSR count). The van der Waals surface area contributed by atoms with Gasteiger partial charge in [0.15, 0.2) is 0 Å². The van der Waals surface area contributed by atoms with Gasteiger partial charge in [-0.3, -0.25) is 4.79 Å². The molecule has 2 atom stereocenters. The summed E-state index contributed by atoms with van der Waals surface area (Å²) in [6.07, 6.45) is 0.248. The second-order valence-electron chi connectivity index (χ2n) is 3.70. The molecule has 0 aliphatic heterocycles. The third-order valence-electron chi connectivity index (χ3n) is 2.33. The Morgan fingerprint density at radius 3 is 2.33 bits per heavy atom. The van der Waals surface area contributed by atoms with Crippen molar-refractivity contribution in [3.63, 3.8) is 0 Å². The fourth-order valence-corrected chi connectivity index (χ4v) is 1.32. The second-order valence-corrected chi connectivity index (χ2v) is 3.70. The first-order valence-corrected chi connectivity index (χ1v) is 4.81. The lowest BCUT2D eigenvalue weighted by atomic mass is 10.00. The molecule has 0 radical (unpaired) electrons. The van der Waals surface area contributed by atoms with Gasteiger partial charge in [-0.15, -0.1) is 0 Å². The molecule has 0 aromatic heterocycles. The van der Waals surface area contributed by atoms with E-state index in [1.807, 2.05) is 31.2 Å². The third-order valence-corrected chi connectivity index (χ3v) is 2.33. The summed E-state index contributed by atoms with van der Waals surface area (Å²) < 4.78 is 0. The van der Waals surface area contributed by atoms with Crippen molar-refractivity contribution in [2.24, 2.45) is 11.5 Å². The van der Waals surface area contributed by atoms with Crippen molar-refractivity contribution in [3.8, 4) is 0 Å². The summed E-state index contributed by atoms with van der Waals surface area (Å²) in [5.41, 5.74) is 13.3. The first-order valence-electron chi connectivity index (χ1n) is 4.81. The molecular formula is C11H16N2O2. The number of benzene rings is 1. The van der Waals surface area contributed by atoms with Gasteiger partial charge in [0.25, 0.3) is 0 Å². The molecule has 0 saturated carbocycles. The first-order chi connectivity index (χ1) is 7.00. The van der Waals surface area contributed by atoms with Gasteiger partial charge in [-0.2, -0.15) is 0 Å². The number of hydrogen-bond acceptors (Lipinski definition) is 3. The molecule has 0 aliphatic rings. The van der Waals surface area contributed by atoms with E-state index >= 15 is 0 Å². The molecule has 4 nitrogen and oxygen atoms in total. The summed E-state index contributed by atoms with van der Waals surface area (Å²) in [7, 11) is 0. The number of aliphatic carboxylic acids is 1. The van der Waals surface area contributed by atoms with Crippen LogP contribution in [0.15, 0.2) is 24.3 Å². The molecule has 0 aliphatic carbocycles. The molecule has 4 heteroatoms. The molecule has 1 aromatic carbocycles. The van der Waals surface area contributed by atoms with Gasteiger partial charge in [-0.1, -0.05) is 29.8 Å². The SMILES string of the molecule is Cc1ccc(C(N)CC(N)C(=O)O)cc1. The van der Waals surface area contributed by atoms with Crippen molar-refractivity contribution in [1.29, 1.82) is 0 Å². The van der Waals surface area contributed by atoms with Crippen LogP contribution in [0.4, 0.5) is 0 Å². The van der Waals surface area contributed by atoms with Gasteiger partial charge in [0.05, 0.1) is 0 Å². The number of carbonyl (C=O) groups is 1. The molecule has 1 aromatic rings. The summed E-state index contributed by atoms with van der Waals surface area (Å²) in [5.74, 6) is -1.02. The number of carboxylic acid groups (broad SMARTS) is 1. The molecule has 0 saturated heterocycles. The maximum absolute atomic E-state index is 10.5. The largest absolute Gasteiger partial charge is 0.480 e. The average molecular weight is 208 g/mol. The Labute approximate surface area is 88.9 Å². The Kier molecular flexibility index (Phi) is 3.82. The Bertz CT molecular complexity index is 335. The van der Waals surface area contributed by atoms with Crippen LogP contribution in [0.3, 0.4) is 0 Å². The number of carboxylic acids is 1. The first kappa shape index (κ1) is 11.7. The van der Waals surface area contributed by atoms with E-state index in [0.717, 1.165) is 11.1 Å². The molecule has 82 valence electrons. The van der Waals surface area contributed by atoms with E-state index in [-0.39, 0.29) is 12.5 Å². The predicted molar refractivity (Wildman–Crippen MR) is 58.3 cm³/mol. The topological polar surface area (TPSA) is 89.3 Å². The summed E-state index contributed by atoms with van der Waals surface area (Å²) in [6, 6.07) is 6.46. The van der Waals surface area contributed by atoms with Crippen molar-refractivity contribution >= 4 is 5.97 Å². The van der Waals surface area contributed by atoms with E-state index < -0.39 is 12.0 Å². The zero-order valence-corrected chi connectivity index (χ0v) is 8.68. The normalized spacial score (nSPS) is 14.6. The fourth-order valence-electron chi connectivity index (χ4n) is 1.32. The monoisotopic (exact) mass is 208 g/mol. The highest BCUT2D eigenvalue weighted by molar-refractivity contribution is 5.73. The summed E-state index contributed by atoms with van der Waals surface area (Å²) in [5, 5.41) is 8.64. The second kappa shape index (κ2) is 4.91. The van der Waals surface area contributed by atoms with Crippen LogP contribution in [0, 0.1) is 6.92 Å². The van der Waals surface area contributed by atoms with E-state index in [2.05, 4.69) is 0 Å². The van der Waals surface area contributed by atoms with E-state index in [4.69, 9.17) is 16.6 Å². The maximum atomic E-state index is 10.5. The Hall–Kier alpha value is -1.39. The minimum Gasteiger partial charge on any atom is -0.480 e. The minimum atomic E-state index is -1.02.